The Morgan fingerprint density at radius 3 is 2.91 bits per heavy atom. The second kappa shape index (κ2) is 7.23. The van der Waals surface area contributed by atoms with Crippen LogP contribution in [0.5, 0.6) is 0 Å². The maximum absolute atomic E-state index is 11.5. The van der Waals surface area contributed by atoms with E-state index in [0.717, 1.165) is 24.1 Å². The first kappa shape index (κ1) is 15.5. The molecule has 1 aromatic carbocycles. The highest BCUT2D eigenvalue weighted by atomic mass is 32.1. The summed E-state index contributed by atoms with van der Waals surface area (Å²) < 4.78 is 5.10. The van der Waals surface area contributed by atoms with Crippen LogP contribution in [0.4, 0.5) is 9.93 Å². The summed E-state index contributed by atoms with van der Waals surface area (Å²) in [6, 6.07) is 9.80. The minimum atomic E-state index is -0.452. The average Bonchev–Trinajstić information content (AvgIpc) is 3.26. The van der Waals surface area contributed by atoms with E-state index in [4.69, 9.17) is 9.57 Å². The Kier molecular flexibility index (Phi) is 4.87. The summed E-state index contributed by atoms with van der Waals surface area (Å²) >= 11 is 1.33. The Morgan fingerprint density at radius 2 is 2.17 bits per heavy atom. The number of rotatable bonds is 6. The Hall–Kier alpha value is -2.41. The number of anilines is 1. The largest absolute Gasteiger partial charge is 0.446 e. The minimum Gasteiger partial charge on any atom is -0.446 e. The predicted octanol–water partition coefficient (Wildman–Crippen LogP) is 3.79. The van der Waals surface area contributed by atoms with Gasteiger partial charge in [-0.15, -0.1) is 11.3 Å². The number of hydrogen-bond donors (Lipinski definition) is 1. The topological polar surface area (TPSA) is 72.8 Å². The third-order valence-corrected chi connectivity index (χ3v) is 3.97. The molecule has 1 fully saturated rings. The number of thiazole rings is 1. The van der Waals surface area contributed by atoms with Gasteiger partial charge >= 0.3 is 6.09 Å². The molecule has 6 nitrogen and oxygen atoms in total. The van der Waals surface area contributed by atoms with Crippen LogP contribution in [0.15, 0.2) is 40.9 Å². The van der Waals surface area contributed by atoms with Gasteiger partial charge in [0, 0.05) is 5.38 Å². The van der Waals surface area contributed by atoms with Crippen LogP contribution in [-0.4, -0.2) is 22.9 Å². The molecule has 2 aromatic rings. The van der Waals surface area contributed by atoms with Crippen LogP contribution in [0.3, 0.4) is 0 Å². The van der Waals surface area contributed by atoms with E-state index in [1.165, 1.54) is 11.3 Å². The van der Waals surface area contributed by atoms with Crippen LogP contribution in [-0.2, 0) is 16.2 Å². The Morgan fingerprint density at radius 1 is 1.39 bits per heavy atom. The average molecular weight is 331 g/mol. The molecule has 0 unspecified atom stereocenters. The number of amides is 1. The molecule has 0 aliphatic heterocycles. The smallest absolute Gasteiger partial charge is 0.413 e. The lowest BCUT2D eigenvalue weighted by atomic mass is 10.1. The highest BCUT2D eigenvalue weighted by Crippen LogP contribution is 2.24. The first-order chi connectivity index (χ1) is 11.2. The normalized spacial score (nSPS) is 14.4. The maximum atomic E-state index is 11.5. The molecule has 7 heteroatoms. The summed E-state index contributed by atoms with van der Waals surface area (Å²) in [6.07, 6.45) is 1.52. The molecule has 120 valence electrons. The predicted molar refractivity (Wildman–Crippen MR) is 88.7 cm³/mol. The Labute approximate surface area is 138 Å². The third-order valence-electron chi connectivity index (χ3n) is 3.16. The van der Waals surface area contributed by atoms with Crippen molar-refractivity contribution in [2.75, 3.05) is 5.32 Å². The van der Waals surface area contributed by atoms with Crippen LogP contribution in [0, 0.1) is 0 Å². The van der Waals surface area contributed by atoms with Crippen molar-refractivity contribution < 1.29 is 14.4 Å². The molecule has 0 saturated heterocycles. The summed E-state index contributed by atoms with van der Waals surface area (Å²) in [5, 5.41) is 9.01. The molecule has 1 saturated carbocycles. The monoisotopic (exact) mass is 331 g/mol. The third kappa shape index (κ3) is 4.79. The van der Waals surface area contributed by atoms with Gasteiger partial charge in [-0.1, -0.05) is 35.5 Å². The van der Waals surface area contributed by atoms with Crippen LogP contribution < -0.4 is 5.32 Å². The van der Waals surface area contributed by atoms with E-state index in [2.05, 4.69) is 15.5 Å². The molecule has 23 heavy (non-hydrogen) atoms. The zero-order valence-electron chi connectivity index (χ0n) is 12.7. The lowest BCUT2D eigenvalue weighted by Crippen LogP contribution is -2.14. The van der Waals surface area contributed by atoms with Crippen molar-refractivity contribution in [3.05, 3.63) is 47.0 Å². The van der Waals surface area contributed by atoms with Gasteiger partial charge < -0.3 is 9.57 Å². The fourth-order valence-electron chi connectivity index (χ4n) is 1.81. The van der Waals surface area contributed by atoms with Crippen LogP contribution in [0.2, 0.25) is 0 Å². The van der Waals surface area contributed by atoms with Crippen molar-refractivity contribution in [3.8, 4) is 0 Å². The standard InChI is InChI=1S/C16H17N3O3S/c1-11(12-5-3-2-4-6-12)19-21-9-13-10-23-15(17-13)18-16(20)22-14-7-8-14/h2-6,10,14H,7-9H2,1H3,(H,17,18,20)/b19-11-. The van der Waals surface area contributed by atoms with Gasteiger partial charge in [0.25, 0.3) is 0 Å². The van der Waals surface area contributed by atoms with Gasteiger partial charge in [-0.25, -0.2) is 9.78 Å². The number of carbonyl (C=O) groups excluding carboxylic acids is 1. The molecule has 1 aliphatic carbocycles. The summed E-state index contributed by atoms with van der Waals surface area (Å²) in [4.78, 5) is 21.1. The molecule has 1 amide bonds. The van der Waals surface area contributed by atoms with Crippen molar-refractivity contribution in [2.45, 2.75) is 32.5 Å². The second-order valence-electron chi connectivity index (χ2n) is 5.19. The molecular weight excluding hydrogens is 314 g/mol. The molecule has 0 atom stereocenters. The van der Waals surface area contributed by atoms with E-state index in [-0.39, 0.29) is 12.7 Å². The Bertz CT molecular complexity index is 696. The molecular formula is C16H17N3O3S. The van der Waals surface area contributed by atoms with Crippen LogP contribution >= 0.6 is 11.3 Å². The number of nitrogens with zero attached hydrogens (tertiary/aromatic N) is 2. The molecule has 1 aliphatic rings. The van der Waals surface area contributed by atoms with Gasteiger partial charge in [-0.2, -0.15) is 0 Å². The first-order valence-corrected chi connectivity index (χ1v) is 8.22. The number of nitrogens with one attached hydrogen (secondary N) is 1. The van der Waals surface area contributed by atoms with Crippen molar-refractivity contribution >= 4 is 28.3 Å². The lowest BCUT2D eigenvalue weighted by Gasteiger charge is -2.02. The fourth-order valence-corrected chi connectivity index (χ4v) is 2.49. The number of ether oxygens (including phenoxy) is 1. The lowest BCUT2D eigenvalue weighted by molar-refractivity contribution is 0.128. The van der Waals surface area contributed by atoms with Gasteiger partial charge in [0.2, 0.25) is 0 Å². The minimum absolute atomic E-state index is 0.0769. The van der Waals surface area contributed by atoms with E-state index in [1.807, 2.05) is 42.6 Å². The number of benzene rings is 1. The number of carbonyl (C=O) groups is 1. The molecule has 0 spiro atoms. The van der Waals surface area contributed by atoms with Crippen molar-refractivity contribution in [1.29, 1.82) is 0 Å². The SMILES string of the molecule is C/C(=N/OCc1csc(NC(=O)OC2CC2)n1)c1ccccc1. The molecule has 1 heterocycles. The van der Waals surface area contributed by atoms with Crippen LogP contribution in [0.1, 0.15) is 31.0 Å². The first-order valence-electron chi connectivity index (χ1n) is 7.35. The van der Waals surface area contributed by atoms with Gasteiger partial charge in [0.15, 0.2) is 11.7 Å². The van der Waals surface area contributed by atoms with Crippen molar-refractivity contribution in [3.63, 3.8) is 0 Å². The number of aromatic nitrogens is 1. The zero-order chi connectivity index (χ0) is 16.1. The summed E-state index contributed by atoms with van der Waals surface area (Å²) in [5.74, 6) is 0. The van der Waals surface area contributed by atoms with Crippen molar-refractivity contribution in [2.24, 2.45) is 5.16 Å². The summed E-state index contributed by atoms with van der Waals surface area (Å²) in [7, 11) is 0. The van der Waals surface area contributed by atoms with Gasteiger partial charge in [-0.05, 0) is 25.3 Å². The molecule has 1 N–H and O–H groups in total. The zero-order valence-corrected chi connectivity index (χ0v) is 13.5. The fraction of sp³-hybridized carbons (Fsp3) is 0.312. The molecule has 0 bridgehead atoms. The quantitative estimate of drug-likeness (QED) is 0.645. The van der Waals surface area contributed by atoms with Crippen molar-refractivity contribution in [1.82, 2.24) is 4.98 Å². The van der Waals surface area contributed by atoms with Crippen LogP contribution in [0.25, 0.3) is 0 Å². The van der Waals surface area contributed by atoms with Gasteiger partial charge in [0.05, 0.1) is 11.4 Å². The van der Waals surface area contributed by atoms with E-state index >= 15 is 0 Å². The van der Waals surface area contributed by atoms with E-state index in [1.54, 1.807) is 0 Å². The van der Waals surface area contributed by atoms with E-state index < -0.39 is 6.09 Å². The molecule has 1 aromatic heterocycles. The summed E-state index contributed by atoms with van der Waals surface area (Å²) in [5.41, 5.74) is 2.52. The summed E-state index contributed by atoms with van der Waals surface area (Å²) in [6.45, 7) is 2.14. The van der Waals surface area contributed by atoms with E-state index in [0.29, 0.717) is 10.8 Å². The maximum Gasteiger partial charge on any atom is 0.413 e. The highest BCUT2D eigenvalue weighted by Gasteiger charge is 2.26. The second-order valence-corrected chi connectivity index (χ2v) is 6.05. The number of oxime groups is 1. The van der Waals surface area contributed by atoms with Gasteiger partial charge in [0.1, 0.15) is 6.10 Å². The van der Waals surface area contributed by atoms with E-state index in [9.17, 15) is 4.79 Å². The van der Waals surface area contributed by atoms with Gasteiger partial charge in [-0.3, -0.25) is 5.32 Å². The Balaban J connectivity index is 1.48. The molecule has 0 radical (unpaired) electrons. The number of hydrogen-bond acceptors (Lipinski definition) is 6. The molecule has 3 rings (SSSR count). The highest BCUT2D eigenvalue weighted by molar-refractivity contribution is 7.13.